The quantitative estimate of drug-likeness (QED) is 0.420. The molecule has 0 spiro atoms. The molecule has 0 unspecified atom stereocenters. The van der Waals surface area contributed by atoms with Gasteiger partial charge in [-0.25, -0.2) is 0 Å². The number of aromatic amines is 1. The van der Waals surface area contributed by atoms with Crippen LogP contribution < -0.4 is 5.56 Å². The minimum Gasteiger partial charge on any atom is -0.321 e. The molecular weight excluding hydrogens is 268 g/mol. The summed E-state index contributed by atoms with van der Waals surface area (Å²) in [6.45, 7) is 0. The number of rotatable bonds is 1. The fourth-order valence-electron chi connectivity index (χ4n) is 2.15. The van der Waals surface area contributed by atoms with Crippen molar-refractivity contribution in [3.8, 4) is 0 Å². The van der Waals surface area contributed by atoms with E-state index < -0.39 is 4.92 Å². The highest BCUT2D eigenvalue weighted by Crippen LogP contribution is 2.31. The van der Waals surface area contributed by atoms with E-state index in [2.05, 4.69) is 4.98 Å². The van der Waals surface area contributed by atoms with Crippen molar-refractivity contribution in [3.63, 3.8) is 0 Å². The molecule has 0 aliphatic carbocycles. The summed E-state index contributed by atoms with van der Waals surface area (Å²) in [6, 6.07) is 9.68. The molecule has 19 heavy (non-hydrogen) atoms. The summed E-state index contributed by atoms with van der Waals surface area (Å²) >= 11 is 6.10. The Kier molecular flexibility index (Phi) is 2.50. The number of non-ortho nitro benzene ring substituents is 1. The smallest absolute Gasteiger partial charge is 0.271 e. The number of benzene rings is 2. The predicted molar refractivity (Wildman–Crippen MR) is 73.7 cm³/mol. The second-order valence-electron chi connectivity index (χ2n) is 4.11. The molecule has 94 valence electrons. The van der Waals surface area contributed by atoms with Gasteiger partial charge in [-0.15, -0.1) is 0 Å². The van der Waals surface area contributed by atoms with E-state index in [1.807, 2.05) is 12.1 Å². The summed E-state index contributed by atoms with van der Waals surface area (Å²) < 4.78 is 0. The fraction of sp³-hybridized carbons (Fsp3) is 0. The van der Waals surface area contributed by atoms with Crippen molar-refractivity contribution in [2.45, 2.75) is 0 Å². The van der Waals surface area contributed by atoms with Crippen molar-refractivity contribution < 1.29 is 4.92 Å². The van der Waals surface area contributed by atoms with Crippen LogP contribution in [0, 0.1) is 10.1 Å². The van der Waals surface area contributed by atoms with Gasteiger partial charge in [-0.2, -0.15) is 0 Å². The summed E-state index contributed by atoms with van der Waals surface area (Å²) in [5.74, 6) is 0. The molecule has 1 N–H and O–H groups in total. The molecule has 0 fully saturated rings. The number of H-pyrrole nitrogens is 1. The second kappa shape index (κ2) is 4.07. The first kappa shape index (κ1) is 11.7. The number of nitro groups is 1. The van der Waals surface area contributed by atoms with Crippen molar-refractivity contribution in [3.05, 3.63) is 61.9 Å². The number of para-hydroxylation sites is 1. The topological polar surface area (TPSA) is 76.0 Å². The number of nitrogens with one attached hydrogen (secondary N) is 1. The lowest BCUT2D eigenvalue weighted by molar-refractivity contribution is -0.384. The Balaban J connectivity index is 2.59. The maximum atomic E-state index is 12.0. The molecule has 3 aromatic rings. The third-order valence-corrected chi connectivity index (χ3v) is 3.27. The Labute approximate surface area is 111 Å². The Hall–Kier alpha value is -2.40. The number of nitro benzene ring substituents is 1. The van der Waals surface area contributed by atoms with E-state index in [1.165, 1.54) is 12.1 Å². The third-order valence-electron chi connectivity index (χ3n) is 2.98. The minimum absolute atomic E-state index is 0.196. The van der Waals surface area contributed by atoms with Gasteiger partial charge in [0.2, 0.25) is 0 Å². The number of fused-ring (bicyclic) bond motifs is 3. The second-order valence-corrected chi connectivity index (χ2v) is 4.51. The van der Waals surface area contributed by atoms with Gasteiger partial charge < -0.3 is 4.98 Å². The van der Waals surface area contributed by atoms with Crippen molar-refractivity contribution >= 4 is 39.0 Å². The molecule has 2 aromatic carbocycles. The molecular formula is C13H7ClN2O3. The summed E-state index contributed by atoms with van der Waals surface area (Å²) in [4.78, 5) is 24.9. The van der Waals surface area contributed by atoms with Crippen LogP contribution in [-0.4, -0.2) is 9.91 Å². The standard InChI is InChI=1S/C13H7ClN2O3/c14-10-6-7(16(18)19)5-9-12(10)8-3-1-2-4-11(8)15-13(9)17/h1-6H,(H,15,17). The number of nitrogens with zero attached hydrogens (tertiary/aromatic N) is 1. The van der Waals surface area contributed by atoms with Crippen molar-refractivity contribution in [2.75, 3.05) is 0 Å². The minimum atomic E-state index is -0.569. The molecule has 0 bridgehead atoms. The lowest BCUT2D eigenvalue weighted by atomic mass is 10.1. The number of pyridine rings is 1. The molecule has 5 nitrogen and oxygen atoms in total. The zero-order valence-electron chi connectivity index (χ0n) is 9.51. The van der Waals surface area contributed by atoms with Gasteiger partial charge in [0.05, 0.1) is 15.3 Å². The fourth-order valence-corrected chi connectivity index (χ4v) is 2.47. The van der Waals surface area contributed by atoms with Crippen molar-refractivity contribution in [2.24, 2.45) is 0 Å². The molecule has 0 amide bonds. The molecule has 0 aliphatic heterocycles. The van der Waals surface area contributed by atoms with Crippen LogP contribution in [0.4, 0.5) is 5.69 Å². The Bertz CT molecular complexity index is 886. The molecule has 1 heterocycles. The summed E-state index contributed by atoms with van der Waals surface area (Å²) in [5, 5.41) is 12.5. The molecule has 6 heteroatoms. The van der Waals surface area contributed by atoms with Crippen LogP contribution in [0.2, 0.25) is 5.02 Å². The van der Waals surface area contributed by atoms with E-state index in [9.17, 15) is 14.9 Å². The van der Waals surface area contributed by atoms with Crippen LogP contribution in [0.15, 0.2) is 41.2 Å². The Morgan fingerprint density at radius 3 is 2.63 bits per heavy atom. The first-order chi connectivity index (χ1) is 9.08. The molecule has 0 aliphatic rings. The van der Waals surface area contributed by atoms with Crippen molar-refractivity contribution in [1.29, 1.82) is 0 Å². The van der Waals surface area contributed by atoms with E-state index in [-0.39, 0.29) is 21.7 Å². The average molecular weight is 275 g/mol. The van der Waals surface area contributed by atoms with Gasteiger partial charge in [0, 0.05) is 28.4 Å². The van der Waals surface area contributed by atoms with E-state index in [1.54, 1.807) is 12.1 Å². The largest absolute Gasteiger partial charge is 0.321 e. The van der Waals surface area contributed by atoms with Gasteiger partial charge >= 0.3 is 0 Å². The highest BCUT2D eigenvalue weighted by atomic mass is 35.5. The zero-order valence-corrected chi connectivity index (χ0v) is 10.3. The van der Waals surface area contributed by atoms with Crippen LogP contribution in [0.1, 0.15) is 0 Å². The summed E-state index contributed by atoms with van der Waals surface area (Å²) in [6.07, 6.45) is 0. The first-order valence-corrected chi connectivity index (χ1v) is 5.84. The maximum Gasteiger partial charge on any atom is 0.271 e. The lowest BCUT2D eigenvalue weighted by Gasteiger charge is -2.05. The van der Waals surface area contributed by atoms with Crippen LogP contribution in [0.3, 0.4) is 0 Å². The van der Waals surface area contributed by atoms with Crippen LogP contribution in [0.25, 0.3) is 21.7 Å². The lowest BCUT2D eigenvalue weighted by Crippen LogP contribution is -2.07. The van der Waals surface area contributed by atoms with Crippen molar-refractivity contribution in [1.82, 2.24) is 4.98 Å². The van der Waals surface area contributed by atoms with Gasteiger partial charge in [0.25, 0.3) is 11.2 Å². The number of hydrogen-bond acceptors (Lipinski definition) is 3. The highest BCUT2D eigenvalue weighted by molar-refractivity contribution is 6.38. The normalized spacial score (nSPS) is 11.0. The van der Waals surface area contributed by atoms with Crippen LogP contribution >= 0.6 is 11.6 Å². The van der Waals surface area contributed by atoms with Gasteiger partial charge in [0.15, 0.2) is 0 Å². The maximum absolute atomic E-state index is 12.0. The van der Waals surface area contributed by atoms with Gasteiger partial charge in [-0.1, -0.05) is 29.8 Å². The molecule has 0 saturated heterocycles. The average Bonchev–Trinajstić information content (AvgIpc) is 2.38. The zero-order chi connectivity index (χ0) is 13.6. The van der Waals surface area contributed by atoms with Crippen LogP contribution in [-0.2, 0) is 0 Å². The number of aromatic nitrogens is 1. The van der Waals surface area contributed by atoms with E-state index in [0.717, 1.165) is 5.39 Å². The Morgan fingerprint density at radius 2 is 1.89 bits per heavy atom. The monoisotopic (exact) mass is 274 g/mol. The molecule has 1 aromatic heterocycles. The summed E-state index contributed by atoms with van der Waals surface area (Å²) in [7, 11) is 0. The predicted octanol–water partition coefficient (Wildman–Crippen LogP) is 3.24. The Morgan fingerprint density at radius 1 is 1.16 bits per heavy atom. The SMILES string of the molecule is O=c1[nH]c2ccccc2c2c(Cl)cc([N+](=O)[O-])cc12. The van der Waals surface area contributed by atoms with Gasteiger partial charge in [-0.3, -0.25) is 14.9 Å². The third kappa shape index (κ3) is 1.75. The van der Waals surface area contributed by atoms with Gasteiger partial charge in [0.1, 0.15) is 0 Å². The first-order valence-electron chi connectivity index (χ1n) is 5.46. The molecule has 0 atom stereocenters. The number of hydrogen-bond donors (Lipinski definition) is 1. The molecule has 0 saturated carbocycles. The molecule has 0 radical (unpaired) electrons. The van der Waals surface area contributed by atoms with E-state index in [4.69, 9.17) is 11.6 Å². The van der Waals surface area contributed by atoms with E-state index in [0.29, 0.717) is 10.9 Å². The van der Waals surface area contributed by atoms with Gasteiger partial charge in [-0.05, 0) is 6.07 Å². The van der Waals surface area contributed by atoms with E-state index >= 15 is 0 Å². The number of halogens is 1. The summed E-state index contributed by atoms with van der Waals surface area (Å²) in [5.41, 5.74) is 0.0633. The molecule has 3 rings (SSSR count). The highest BCUT2D eigenvalue weighted by Gasteiger charge is 2.15. The van der Waals surface area contributed by atoms with Crippen LogP contribution in [0.5, 0.6) is 0 Å².